The molecule has 0 fully saturated rings. The topological polar surface area (TPSA) is 26.3 Å². The Kier molecular flexibility index (Phi) is 3.02. The summed E-state index contributed by atoms with van der Waals surface area (Å²) in [6.45, 7) is 6.54. The van der Waals surface area contributed by atoms with Crippen LogP contribution in [0.1, 0.15) is 26.3 Å². The first-order valence-corrected chi connectivity index (χ1v) is 8.73. The van der Waals surface area contributed by atoms with Crippen molar-refractivity contribution < 1.29 is 9.30 Å². The average molecular weight is 286 g/mol. The van der Waals surface area contributed by atoms with E-state index in [0.29, 0.717) is 0 Å². The molecule has 0 aromatic heterocycles. The number of hydrogen-bond acceptors (Lipinski definition) is 2. The third-order valence-corrected chi connectivity index (χ3v) is 6.58. The van der Waals surface area contributed by atoms with Gasteiger partial charge in [0.2, 0.25) is 0 Å². The molecule has 104 valence electrons. The van der Waals surface area contributed by atoms with E-state index in [1.54, 1.807) is 0 Å². The predicted molar refractivity (Wildman–Crippen MR) is 84.0 cm³/mol. The van der Waals surface area contributed by atoms with Gasteiger partial charge in [-0.2, -0.15) is 0 Å². The summed E-state index contributed by atoms with van der Waals surface area (Å²) in [5.74, 6) is 0.760. The number of benzene rings is 2. The quantitative estimate of drug-likeness (QED) is 0.748. The first-order chi connectivity index (χ1) is 9.41. The van der Waals surface area contributed by atoms with Crippen LogP contribution in [0.15, 0.2) is 48.5 Å². The van der Waals surface area contributed by atoms with E-state index in [-0.39, 0.29) is 11.8 Å². The summed E-state index contributed by atoms with van der Waals surface area (Å²) >= 11 is 0. The van der Waals surface area contributed by atoms with Crippen molar-refractivity contribution >= 4 is 17.8 Å². The maximum absolute atomic E-state index is 13.3. The second-order valence-electron chi connectivity index (χ2n) is 6.28. The molecule has 3 rings (SSSR count). The maximum atomic E-state index is 13.3. The molecule has 3 heteroatoms. The third kappa shape index (κ3) is 2.09. The van der Waals surface area contributed by atoms with Crippen molar-refractivity contribution in [2.75, 3.05) is 6.35 Å². The summed E-state index contributed by atoms with van der Waals surface area (Å²) in [5, 5.41) is 1.74. The van der Waals surface area contributed by atoms with E-state index < -0.39 is 7.14 Å². The van der Waals surface area contributed by atoms with Crippen molar-refractivity contribution in [3.05, 3.63) is 54.1 Å². The van der Waals surface area contributed by atoms with Crippen LogP contribution in [0, 0.1) is 0 Å². The normalized spacial score (nSPS) is 21.4. The van der Waals surface area contributed by atoms with Gasteiger partial charge in [0, 0.05) is 5.30 Å². The summed E-state index contributed by atoms with van der Waals surface area (Å²) in [7, 11) is -2.61. The Bertz CT molecular complexity index is 681. The zero-order chi connectivity index (χ0) is 14.4. The summed E-state index contributed by atoms with van der Waals surface area (Å²) in [5.41, 5.74) is 1.36. The van der Waals surface area contributed by atoms with Crippen LogP contribution in [0.2, 0.25) is 0 Å². The zero-order valence-electron chi connectivity index (χ0n) is 12.1. The molecule has 2 aromatic rings. The fourth-order valence-electron chi connectivity index (χ4n) is 2.52. The average Bonchev–Trinajstić information content (AvgIpc) is 2.78. The molecule has 0 N–H and O–H groups in total. The first-order valence-electron chi connectivity index (χ1n) is 6.84. The van der Waals surface area contributed by atoms with Crippen molar-refractivity contribution in [3.8, 4) is 5.75 Å². The van der Waals surface area contributed by atoms with Gasteiger partial charge in [0.05, 0.1) is 5.30 Å². The second-order valence-corrected chi connectivity index (χ2v) is 9.01. The van der Waals surface area contributed by atoms with E-state index in [0.717, 1.165) is 16.4 Å². The number of rotatable bonds is 1. The lowest BCUT2D eigenvalue weighted by Crippen LogP contribution is -2.16. The van der Waals surface area contributed by atoms with Gasteiger partial charge in [0.1, 0.15) is 12.1 Å². The van der Waals surface area contributed by atoms with Gasteiger partial charge in [-0.1, -0.05) is 57.2 Å². The van der Waals surface area contributed by atoms with Crippen LogP contribution in [-0.4, -0.2) is 6.35 Å². The summed E-state index contributed by atoms with van der Waals surface area (Å²) in [6, 6.07) is 15.8. The molecule has 0 amide bonds. The summed E-state index contributed by atoms with van der Waals surface area (Å²) in [6.07, 6.45) is 0.279. The molecule has 2 aromatic carbocycles. The van der Waals surface area contributed by atoms with Crippen LogP contribution in [0.3, 0.4) is 0 Å². The van der Waals surface area contributed by atoms with Crippen LogP contribution in [0.25, 0.3) is 0 Å². The van der Waals surface area contributed by atoms with Crippen LogP contribution < -0.4 is 15.3 Å². The minimum absolute atomic E-state index is 0.108. The van der Waals surface area contributed by atoms with Crippen molar-refractivity contribution in [3.63, 3.8) is 0 Å². The van der Waals surface area contributed by atoms with Gasteiger partial charge in [-0.3, -0.25) is 0 Å². The molecular formula is C17H19O2P. The lowest BCUT2D eigenvalue weighted by atomic mass is 9.87. The van der Waals surface area contributed by atoms with Crippen molar-refractivity contribution in [1.29, 1.82) is 0 Å². The molecule has 0 saturated carbocycles. The fourth-order valence-corrected chi connectivity index (χ4v) is 4.86. The van der Waals surface area contributed by atoms with Crippen LogP contribution >= 0.6 is 7.14 Å². The molecule has 1 aliphatic heterocycles. The molecule has 20 heavy (non-hydrogen) atoms. The van der Waals surface area contributed by atoms with Crippen molar-refractivity contribution in [2.24, 2.45) is 0 Å². The highest BCUT2D eigenvalue weighted by Gasteiger charge is 2.36. The number of para-hydroxylation sites is 1. The Morgan fingerprint density at radius 2 is 1.65 bits per heavy atom. The van der Waals surface area contributed by atoms with Gasteiger partial charge in [-0.25, -0.2) is 0 Å². The predicted octanol–water partition coefficient (Wildman–Crippen LogP) is 3.65. The van der Waals surface area contributed by atoms with Gasteiger partial charge in [0.15, 0.2) is 7.14 Å². The van der Waals surface area contributed by atoms with E-state index >= 15 is 0 Å². The Morgan fingerprint density at radius 1 is 1.00 bits per heavy atom. The maximum Gasteiger partial charge on any atom is 0.182 e. The molecule has 2 nitrogen and oxygen atoms in total. The van der Waals surface area contributed by atoms with E-state index in [9.17, 15) is 4.57 Å². The lowest BCUT2D eigenvalue weighted by Gasteiger charge is -2.20. The largest absolute Gasteiger partial charge is 0.484 e. The van der Waals surface area contributed by atoms with Crippen LogP contribution in [0.4, 0.5) is 0 Å². The highest BCUT2D eigenvalue weighted by Crippen LogP contribution is 2.50. The molecule has 0 bridgehead atoms. The van der Waals surface area contributed by atoms with Crippen molar-refractivity contribution in [2.45, 2.75) is 26.2 Å². The Morgan fingerprint density at radius 3 is 2.30 bits per heavy atom. The molecule has 1 atom stereocenters. The molecule has 1 aliphatic rings. The van der Waals surface area contributed by atoms with Gasteiger partial charge >= 0.3 is 0 Å². The lowest BCUT2D eigenvalue weighted by molar-refractivity contribution is 0.395. The highest BCUT2D eigenvalue weighted by atomic mass is 31.2. The Hall–Kier alpha value is -1.53. The zero-order valence-corrected chi connectivity index (χ0v) is 13.0. The molecule has 1 unspecified atom stereocenters. The standard InChI is InChI=1S/C17H19O2P/c1-17(2,3)13-8-10-14(11-9-13)20(18)12-19-15-6-4-5-7-16(15)20/h4-11H,12H2,1-3H3. The first kappa shape index (κ1) is 13.5. The van der Waals surface area contributed by atoms with E-state index in [1.807, 2.05) is 36.4 Å². The molecule has 0 saturated heterocycles. The Labute approximate surface area is 120 Å². The minimum atomic E-state index is -2.61. The number of fused-ring (bicyclic) bond motifs is 1. The van der Waals surface area contributed by atoms with Gasteiger partial charge < -0.3 is 9.30 Å². The Balaban J connectivity index is 2.04. The number of ether oxygens (including phenoxy) is 1. The van der Waals surface area contributed by atoms with Crippen LogP contribution in [0.5, 0.6) is 5.75 Å². The number of hydrogen-bond donors (Lipinski definition) is 0. The molecule has 1 heterocycles. The molecular weight excluding hydrogens is 267 g/mol. The van der Waals surface area contributed by atoms with Crippen LogP contribution in [-0.2, 0) is 9.98 Å². The van der Waals surface area contributed by atoms with Gasteiger partial charge in [-0.05, 0) is 23.1 Å². The molecule has 0 radical (unpaired) electrons. The fraction of sp³-hybridized carbons (Fsp3) is 0.294. The smallest absolute Gasteiger partial charge is 0.182 e. The monoisotopic (exact) mass is 286 g/mol. The minimum Gasteiger partial charge on any atom is -0.484 e. The summed E-state index contributed by atoms with van der Waals surface area (Å²) in [4.78, 5) is 0. The third-order valence-electron chi connectivity index (χ3n) is 3.81. The van der Waals surface area contributed by atoms with E-state index in [4.69, 9.17) is 4.74 Å². The summed E-state index contributed by atoms with van der Waals surface area (Å²) < 4.78 is 18.9. The SMILES string of the molecule is CC(C)(C)c1ccc(P2(=O)COc3ccccc32)cc1. The van der Waals surface area contributed by atoms with E-state index in [2.05, 4.69) is 32.9 Å². The van der Waals surface area contributed by atoms with Crippen molar-refractivity contribution in [1.82, 2.24) is 0 Å². The molecule has 0 aliphatic carbocycles. The van der Waals surface area contributed by atoms with Gasteiger partial charge in [0.25, 0.3) is 0 Å². The highest BCUT2D eigenvalue weighted by molar-refractivity contribution is 7.79. The molecule has 0 spiro atoms. The second kappa shape index (κ2) is 4.49. The van der Waals surface area contributed by atoms with Gasteiger partial charge in [-0.15, -0.1) is 0 Å². The van der Waals surface area contributed by atoms with E-state index in [1.165, 1.54) is 5.56 Å².